The van der Waals surface area contributed by atoms with Gasteiger partial charge >= 0.3 is 0 Å². The van der Waals surface area contributed by atoms with E-state index >= 15 is 0 Å². The summed E-state index contributed by atoms with van der Waals surface area (Å²) in [6.45, 7) is 2.40. The van der Waals surface area contributed by atoms with Crippen LogP contribution < -0.4 is 5.56 Å². The Labute approximate surface area is 88.1 Å². The van der Waals surface area contributed by atoms with E-state index in [0.717, 1.165) is 0 Å². The van der Waals surface area contributed by atoms with Crippen LogP contribution in [-0.4, -0.2) is 20.9 Å². The quantitative estimate of drug-likeness (QED) is 0.649. The van der Waals surface area contributed by atoms with Crippen LogP contribution in [0.2, 0.25) is 0 Å². The maximum Gasteiger partial charge on any atom is 0.272 e. The van der Waals surface area contributed by atoms with Crippen LogP contribution in [0.4, 0.5) is 0 Å². The molecular formula is C7H9BrN2O2S. The first kappa shape index (κ1) is 10.6. The van der Waals surface area contributed by atoms with Crippen molar-refractivity contribution in [2.45, 2.75) is 18.6 Å². The molecule has 1 aromatic heterocycles. The predicted octanol–water partition coefficient (Wildman–Crippen LogP) is 1.45. The molecule has 0 fully saturated rings. The number of aromatic hydroxyl groups is 1. The molecule has 1 aromatic rings. The molecule has 0 aromatic carbocycles. The van der Waals surface area contributed by atoms with Crippen molar-refractivity contribution in [2.24, 2.45) is 0 Å². The van der Waals surface area contributed by atoms with Crippen molar-refractivity contribution >= 4 is 27.7 Å². The molecule has 0 bridgehead atoms. The minimum Gasteiger partial charge on any atom is -0.492 e. The van der Waals surface area contributed by atoms with Crippen LogP contribution in [0.5, 0.6) is 5.88 Å². The Kier molecular flexibility index (Phi) is 3.38. The van der Waals surface area contributed by atoms with Crippen molar-refractivity contribution in [3.05, 3.63) is 14.8 Å². The third kappa shape index (κ3) is 1.88. The minimum absolute atomic E-state index is 0.118. The molecule has 0 unspecified atom stereocenters. The molecule has 1 N–H and O–H groups in total. The Morgan fingerprint density at radius 2 is 2.31 bits per heavy atom. The zero-order valence-corrected chi connectivity index (χ0v) is 9.65. The maximum atomic E-state index is 11.5. The van der Waals surface area contributed by atoms with Gasteiger partial charge in [-0.15, -0.1) is 0 Å². The van der Waals surface area contributed by atoms with Crippen LogP contribution in [0, 0.1) is 0 Å². The molecule has 0 amide bonds. The Hall–Kier alpha value is -0.490. The van der Waals surface area contributed by atoms with Gasteiger partial charge in [-0.25, -0.2) is 0 Å². The smallest absolute Gasteiger partial charge is 0.272 e. The van der Waals surface area contributed by atoms with Gasteiger partial charge in [-0.2, -0.15) is 4.98 Å². The summed E-state index contributed by atoms with van der Waals surface area (Å²) in [6, 6.07) is 0. The van der Waals surface area contributed by atoms with Gasteiger partial charge in [-0.3, -0.25) is 9.36 Å². The van der Waals surface area contributed by atoms with Gasteiger partial charge in [0.25, 0.3) is 5.56 Å². The molecule has 13 heavy (non-hydrogen) atoms. The highest BCUT2D eigenvalue weighted by molar-refractivity contribution is 9.10. The van der Waals surface area contributed by atoms with Crippen molar-refractivity contribution in [1.82, 2.24) is 9.55 Å². The van der Waals surface area contributed by atoms with E-state index in [-0.39, 0.29) is 15.9 Å². The first-order valence-electron chi connectivity index (χ1n) is 3.65. The van der Waals surface area contributed by atoms with Gasteiger partial charge in [-0.1, -0.05) is 11.8 Å². The minimum atomic E-state index is -0.251. The van der Waals surface area contributed by atoms with E-state index in [0.29, 0.717) is 11.7 Å². The number of nitrogens with zero attached hydrogens (tertiary/aromatic N) is 2. The summed E-state index contributed by atoms with van der Waals surface area (Å²) in [4.78, 5) is 15.4. The molecule has 0 saturated heterocycles. The molecule has 0 aliphatic heterocycles. The lowest BCUT2D eigenvalue weighted by Gasteiger charge is -2.08. The first-order valence-corrected chi connectivity index (χ1v) is 5.66. The summed E-state index contributed by atoms with van der Waals surface area (Å²) in [5.41, 5.74) is -0.251. The van der Waals surface area contributed by atoms with E-state index in [9.17, 15) is 9.90 Å². The number of halogens is 1. The molecule has 1 rings (SSSR count). The highest BCUT2D eigenvalue weighted by Crippen LogP contribution is 2.20. The van der Waals surface area contributed by atoms with Gasteiger partial charge in [-0.05, 0) is 29.1 Å². The van der Waals surface area contributed by atoms with E-state index in [1.807, 2.05) is 6.92 Å². The lowest BCUT2D eigenvalue weighted by atomic mass is 10.6. The fourth-order valence-corrected chi connectivity index (χ4v) is 1.85. The van der Waals surface area contributed by atoms with Crippen LogP contribution in [0.3, 0.4) is 0 Å². The molecule has 6 heteroatoms. The Morgan fingerprint density at radius 1 is 1.69 bits per heavy atom. The number of hydrogen-bond donors (Lipinski definition) is 1. The zero-order valence-electron chi connectivity index (χ0n) is 7.24. The number of rotatable bonds is 2. The van der Waals surface area contributed by atoms with Gasteiger partial charge < -0.3 is 5.11 Å². The topological polar surface area (TPSA) is 55.1 Å². The number of hydrogen-bond acceptors (Lipinski definition) is 4. The van der Waals surface area contributed by atoms with E-state index in [4.69, 9.17) is 0 Å². The van der Waals surface area contributed by atoms with E-state index in [1.165, 1.54) is 16.3 Å². The second kappa shape index (κ2) is 4.15. The molecule has 0 spiro atoms. The standard InChI is InChI=1S/C7H9BrN2O2S/c1-3-10-6(12)4(8)5(11)9-7(10)13-2/h11H,3H2,1-2H3. The fourth-order valence-electron chi connectivity index (χ4n) is 0.936. The van der Waals surface area contributed by atoms with Crippen molar-refractivity contribution in [3.63, 3.8) is 0 Å². The molecular weight excluding hydrogens is 256 g/mol. The monoisotopic (exact) mass is 264 g/mol. The van der Waals surface area contributed by atoms with Crippen LogP contribution in [0.25, 0.3) is 0 Å². The molecule has 0 radical (unpaired) electrons. The van der Waals surface area contributed by atoms with E-state index in [2.05, 4.69) is 20.9 Å². The predicted molar refractivity (Wildman–Crippen MR) is 55.3 cm³/mol. The fraction of sp³-hybridized carbons (Fsp3) is 0.429. The molecule has 4 nitrogen and oxygen atoms in total. The molecule has 0 aliphatic carbocycles. The largest absolute Gasteiger partial charge is 0.492 e. The van der Waals surface area contributed by atoms with Crippen LogP contribution in [-0.2, 0) is 6.54 Å². The third-order valence-electron chi connectivity index (χ3n) is 1.56. The molecule has 0 saturated carbocycles. The summed E-state index contributed by atoms with van der Waals surface area (Å²) in [7, 11) is 0. The summed E-state index contributed by atoms with van der Waals surface area (Å²) < 4.78 is 1.61. The summed E-state index contributed by atoms with van der Waals surface area (Å²) in [6.07, 6.45) is 1.81. The van der Waals surface area contributed by atoms with Crippen LogP contribution in [0.1, 0.15) is 6.92 Å². The van der Waals surface area contributed by atoms with E-state index in [1.54, 1.807) is 6.26 Å². The van der Waals surface area contributed by atoms with Crippen molar-refractivity contribution in [1.29, 1.82) is 0 Å². The summed E-state index contributed by atoms with van der Waals surface area (Å²) in [5, 5.41) is 9.77. The van der Waals surface area contributed by atoms with Gasteiger partial charge in [0.2, 0.25) is 5.88 Å². The SMILES string of the molecule is CCn1c(SC)nc(O)c(Br)c1=O. The maximum absolute atomic E-state index is 11.5. The second-order valence-corrected chi connectivity index (χ2v) is 3.85. The van der Waals surface area contributed by atoms with Crippen LogP contribution in [0.15, 0.2) is 14.4 Å². The molecule has 72 valence electrons. The second-order valence-electron chi connectivity index (χ2n) is 2.29. The average molecular weight is 265 g/mol. The Bertz CT molecular complexity index is 377. The molecule has 0 aliphatic rings. The molecule has 1 heterocycles. The number of thioether (sulfide) groups is 1. The number of aromatic nitrogens is 2. The highest BCUT2D eigenvalue weighted by Gasteiger charge is 2.11. The summed E-state index contributed by atoms with van der Waals surface area (Å²) >= 11 is 4.31. The van der Waals surface area contributed by atoms with Crippen molar-refractivity contribution < 1.29 is 5.11 Å². The highest BCUT2D eigenvalue weighted by atomic mass is 79.9. The van der Waals surface area contributed by atoms with Gasteiger partial charge in [0.05, 0.1) is 0 Å². The van der Waals surface area contributed by atoms with Crippen molar-refractivity contribution in [3.8, 4) is 5.88 Å². The summed E-state index contributed by atoms with van der Waals surface area (Å²) in [5.74, 6) is -0.251. The normalized spacial score (nSPS) is 10.4. The zero-order chi connectivity index (χ0) is 10.0. The Morgan fingerprint density at radius 3 is 2.77 bits per heavy atom. The first-order chi connectivity index (χ1) is 6.11. The lowest BCUT2D eigenvalue weighted by molar-refractivity contribution is 0.429. The van der Waals surface area contributed by atoms with Gasteiger partial charge in [0.1, 0.15) is 4.47 Å². The lowest BCUT2D eigenvalue weighted by Crippen LogP contribution is -2.22. The third-order valence-corrected chi connectivity index (χ3v) is 2.93. The Balaban J connectivity index is 3.48. The average Bonchev–Trinajstić information content (AvgIpc) is 2.13. The van der Waals surface area contributed by atoms with Crippen molar-refractivity contribution in [2.75, 3.05) is 6.26 Å². The van der Waals surface area contributed by atoms with Gasteiger partial charge in [0.15, 0.2) is 5.16 Å². The van der Waals surface area contributed by atoms with E-state index < -0.39 is 0 Å². The van der Waals surface area contributed by atoms with Gasteiger partial charge in [0, 0.05) is 6.54 Å². The molecule has 0 atom stereocenters. The van der Waals surface area contributed by atoms with Crippen LogP contribution >= 0.6 is 27.7 Å².